The molecular weight excluding hydrogens is 308 g/mol. The maximum absolute atomic E-state index is 12.1. The fourth-order valence-electron chi connectivity index (χ4n) is 3.40. The van der Waals surface area contributed by atoms with Crippen molar-refractivity contribution in [2.24, 2.45) is 0 Å². The van der Waals surface area contributed by atoms with E-state index >= 15 is 0 Å². The van der Waals surface area contributed by atoms with Crippen LogP contribution < -0.4 is 5.32 Å². The van der Waals surface area contributed by atoms with Crippen molar-refractivity contribution in [3.05, 3.63) is 41.2 Å². The standard InChI is InChI=1S/C17H20N4OS/c22-17(16-11-18-23-20-16)19-14-5-4-12-6-8-21(15-2-1-3-15)9-7-13(12)10-14/h4-5,10-11,15H,1-3,6-9H2,(H,19,22). The van der Waals surface area contributed by atoms with E-state index in [0.29, 0.717) is 5.69 Å². The molecule has 0 radical (unpaired) electrons. The van der Waals surface area contributed by atoms with Gasteiger partial charge in [-0.3, -0.25) is 9.69 Å². The Kier molecular flexibility index (Phi) is 4.10. The van der Waals surface area contributed by atoms with Gasteiger partial charge in [-0.2, -0.15) is 8.75 Å². The van der Waals surface area contributed by atoms with Gasteiger partial charge in [0.15, 0.2) is 5.69 Å². The van der Waals surface area contributed by atoms with E-state index in [1.165, 1.54) is 36.6 Å². The smallest absolute Gasteiger partial charge is 0.277 e. The van der Waals surface area contributed by atoms with Crippen LogP contribution in [0.4, 0.5) is 5.69 Å². The minimum Gasteiger partial charge on any atom is -0.321 e. The molecular formula is C17H20N4OS. The van der Waals surface area contributed by atoms with Gasteiger partial charge in [0, 0.05) is 24.8 Å². The van der Waals surface area contributed by atoms with E-state index in [9.17, 15) is 4.79 Å². The first-order valence-electron chi connectivity index (χ1n) is 8.24. The summed E-state index contributed by atoms with van der Waals surface area (Å²) in [5.41, 5.74) is 4.00. The molecule has 0 saturated heterocycles. The largest absolute Gasteiger partial charge is 0.321 e. The summed E-state index contributed by atoms with van der Waals surface area (Å²) >= 11 is 1.05. The van der Waals surface area contributed by atoms with Crippen LogP contribution in [0, 0.1) is 0 Å². The molecule has 4 rings (SSSR count). The second-order valence-electron chi connectivity index (χ2n) is 6.35. The molecule has 6 heteroatoms. The summed E-state index contributed by atoms with van der Waals surface area (Å²) in [7, 11) is 0. The summed E-state index contributed by atoms with van der Waals surface area (Å²) in [6.07, 6.45) is 7.78. The summed E-state index contributed by atoms with van der Waals surface area (Å²) in [5.74, 6) is -0.191. The number of hydrogen-bond donors (Lipinski definition) is 1. The number of carbonyl (C=O) groups excluding carboxylic acids is 1. The third-order valence-electron chi connectivity index (χ3n) is 4.99. The van der Waals surface area contributed by atoms with Crippen molar-refractivity contribution in [2.45, 2.75) is 38.1 Å². The topological polar surface area (TPSA) is 58.1 Å². The molecule has 1 saturated carbocycles. The maximum Gasteiger partial charge on any atom is 0.277 e. The van der Waals surface area contributed by atoms with Crippen molar-refractivity contribution in [3.63, 3.8) is 0 Å². The van der Waals surface area contributed by atoms with Crippen LogP contribution in [-0.4, -0.2) is 38.7 Å². The number of aromatic nitrogens is 2. The van der Waals surface area contributed by atoms with Crippen LogP contribution in [0.5, 0.6) is 0 Å². The van der Waals surface area contributed by atoms with Gasteiger partial charge < -0.3 is 5.32 Å². The SMILES string of the molecule is O=C(Nc1ccc2c(c1)CCN(C1CCC1)CC2)c1cnsn1. The van der Waals surface area contributed by atoms with Crippen LogP contribution in [0.3, 0.4) is 0 Å². The molecule has 1 fully saturated rings. The first kappa shape index (κ1) is 14.8. The predicted octanol–water partition coefficient (Wildman–Crippen LogP) is 2.74. The maximum atomic E-state index is 12.1. The monoisotopic (exact) mass is 328 g/mol. The molecule has 1 N–H and O–H groups in total. The van der Waals surface area contributed by atoms with Crippen LogP contribution in [0.2, 0.25) is 0 Å². The second-order valence-corrected chi connectivity index (χ2v) is 6.91. The van der Waals surface area contributed by atoms with E-state index in [-0.39, 0.29) is 5.91 Å². The molecule has 1 aliphatic carbocycles. The summed E-state index contributed by atoms with van der Waals surface area (Å²) < 4.78 is 7.84. The average Bonchev–Trinajstić information content (AvgIpc) is 2.96. The lowest BCUT2D eigenvalue weighted by molar-refractivity contribution is 0.102. The lowest BCUT2D eigenvalue weighted by Gasteiger charge is -2.36. The molecule has 5 nitrogen and oxygen atoms in total. The summed E-state index contributed by atoms with van der Waals surface area (Å²) in [4.78, 5) is 14.7. The number of amides is 1. The van der Waals surface area contributed by atoms with Crippen LogP contribution in [0.1, 0.15) is 40.9 Å². The molecule has 1 aromatic carbocycles. The summed E-state index contributed by atoms with van der Waals surface area (Å²) in [6.45, 7) is 2.29. The normalized spacial score (nSPS) is 18.8. The minimum atomic E-state index is -0.191. The van der Waals surface area contributed by atoms with Crippen molar-refractivity contribution < 1.29 is 4.79 Å². The van der Waals surface area contributed by atoms with Gasteiger partial charge in [-0.15, -0.1) is 0 Å². The van der Waals surface area contributed by atoms with Gasteiger partial charge in [-0.05, 0) is 48.9 Å². The number of rotatable bonds is 3. The van der Waals surface area contributed by atoms with Crippen molar-refractivity contribution in [3.8, 4) is 0 Å². The Hall–Kier alpha value is -1.79. The zero-order chi connectivity index (χ0) is 15.6. The Morgan fingerprint density at radius 1 is 1.22 bits per heavy atom. The number of nitrogens with one attached hydrogen (secondary N) is 1. The van der Waals surface area contributed by atoms with Crippen LogP contribution in [0.15, 0.2) is 24.4 Å². The van der Waals surface area contributed by atoms with E-state index in [0.717, 1.165) is 49.4 Å². The van der Waals surface area contributed by atoms with Gasteiger partial charge in [0.2, 0.25) is 0 Å². The first-order valence-corrected chi connectivity index (χ1v) is 8.97. The van der Waals surface area contributed by atoms with Crippen molar-refractivity contribution in [1.82, 2.24) is 13.6 Å². The van der Waals surface area contributed by atoms with Crippen LogP contribution >= 0.6 is 11.7 Å². The highest BCUT2D eigenvalue weighted by atomic mass is 32.1. The van der Waals surface area contributed by atoms with Gasteiger partial charge in [-0.25, -0.2) is 0 Å². The number of hydrogen-bond acceptors (Lipinski definition) is 5. The molecule has 23 heavy (non-hydrogen) atoms. The highest BCUT2D eigenvalue weighted by molar-refractivity contribution is 6.99. The summed E-state index contributed by atoms with van der Waals surface area (Å²) in [6, 6.07) is 7.09. The van der Waals surface area contributed by atoms with Crippen molar-refractivity contribution >= 4 is 23.3 Å². The predicted molar refractivity (Wildman–Crippen MR) is 90.9 cm³/mol. The molecule has 2 aromatic rings. The molecule has 1 amide bonds. The van der Waals surface area contributed by atoms with Crippen molar-refractivity contribution in [1.29, 1.82) is 0 Å². The zero-order valence-corrected chi connectivity index (χ0v) is 13.8. The number of benzene rings is 1. The van der Waals surface area contributed by atoms with Gasteiger partial charge in [0.25, 0.3) is 5.91 Å². The van der Waals surface area contributed by atoms with Gasteiger partial charge in [-0.1, -0.05) is 12.5 Å². The van der Waals surface area contributed by atoms with Gasteiger partial charge in [0.05, 0.1) is 17.9 Å². The minimum absolute atomic E-state index is 0.191. The lowest BCUT2D eigenvalue weighted by Crippen LogP contribution is -2.41. The molecule has 2 heterocycles. The Morgan fingerprint density at radius 3 is 2.74 bits per heavy atom. The highest BCUT2D eigenvalue weighted by Crippen LogP contribution is 2.28. The van der Waals surface area contributed by atoms with E-state index in [4.69, 9.17) is 0 Å². The number of carbonyl (C=O) groups is 1. The fraction of sp³-hybridized carbons (Fsp3) is 0.471. The van der Waals surface area contributed by atoms with E-state index in [2.05, 4.69) is 31.1 Å². The third-order valence-corrected chi connectivity index (χ3v) is 5.46. The molecule has 0 bridgehead atoms. The van der Waals surface area contributed by atoms with Crippen LogP contribution in [0.25, 0.3) is 0 Å². The Bertz CT molecular complexity index is 697. The molecule has 120 valence electrons. The third kappa shape index (κ3) is 3.14. The molecule has 2 aliphatic rings. The molecule has 0 atom stereocenters. The fourth-order valence-corrected chi connectivity index (χ4v) is 3.81. The average molecular weight is 328 g/mol. The molecule has 1 aromatic heterocycles. The van der Waals surface area contributed by atoms with Crippen LogP contribution in [-0.2, 0) is 12.8 Å². The van der Waals surface area contributed by atoms with E-state index < -0.39 is 0 Å². The zero-order valence-electron chi connectivity index (χ0n) is 13.0. The highest BCUT2D eigenvalue weighted by Gasteiger charge is 2.26. The Balaban J connectivity index is 1.46. The van der Waals surface area contributed by atoms with Crippen molar-refractivity contribution in [2.75, 3.05) is 18.4 Å². The quantitative estimate of drug-likeness (QED) is 0.941. The van der Waals surface area contributed by atoms with E-state index in [1.54, 1.807) is 0 Å². The lowest BCUT2D eigenvalue weighted by atomic mass is 9.91. The Morgan fingerprint density at radius 2 is 2.04 bits per heavy atom. The number of nitrogens with zero attached hydrogens (tertiary/aromatic N) is 3. The summed E-state index contributed by atoms with van der Waals surface area (Å²) in [5, 5.41) is 2.92. The second kappa shape index (κ2) is 6.37. The van der Waals surface area contributed by atoms with E-state index in [1.807, 2.05) is 6.07 Å². The Labute approximate surface area is 140 Å². The number of anilines is 1. The number of fused-ring (bicyclic) bond motifs is 1. The molecule has 1 aliphatic heterocycles. The first-order chi connectivity index (χ1) is 11.3. The van der Waals surface area contributed by atoms with Gasteiger partial charge >= 0.3 is 0 Å². The molecule has 0 unspecified atom stereocenters. The molecule has 0 spiro atoms. The van der Waals surface area contributed by atoms with Gasteiger partial charge in [0.1, 0.15) is 0 Å².